The zero-order chi connectivity index (χ0) is 13.1. The Morgan fingerprint density at radius 3 is 2.17 bits per heavy atom. The second kappa shape index (κ2) is 5.00. The maximum absolute atomic E-state index is 11.0. The van der Waals surface area contributed by atoms with E-state index in [4.69, 9.17) is 0 Å². The average Bonchev–Trinajstić information content (AvgIpc) is 2.39. The number of para-hydroxylation sites is 1. The molecule has 2 aromatic carbocycles. The third kappa shape index (κ3) is 2.40. The summed E-state index contributed by atoms with van der Waals surface area (Å²) in [4.78, 5) is 10.6. The molecule has 0 heterocycles. The fourth-order valence-corrected chi connectivity index (χ4v) is 1.92. The summed E-state index contributed by atoms with van der Waals surface area (Å²) in [5.74, 6) is 0.463. The molecule has 92 valence electrons. The van der Waals surface area contributed by atoms with Gasteiger partial charge < -0.3 is 0 Å². The molecule has 0 N–H and O–H groups in total. The fourth-order valence-electron chi connectivity index (χ4n) is 1.92. The van der Waals surface area contributed by atoms with Crippen molar-refractivity contribution in [3.8, 4) is 11.1 Å². The Bertz CT molecular complexity index is 559. The molecule has 0 saturated carbocycles. The topological polar surface area (TPSA) is 43.1 Å². The quantitative estimate of drug-likeness (QED) is 0.591. The van der Waals surface area contributed by atoms with E-state index in [9.17, 15) is 10.1 Å². The number of nitro groups is 1. The highest BCUT2D eigenvalue weighted by molar-refractivity contribution is 5.73. The molecular formula is C15H15NO2. The van der Waals surface area contributed by atoms with Gasteiger partial charge in [0.15, 0.2) is 0 Å². The summed E-state index contributed by atoms with van der Waals surface area (Å²) >= 11 is 0. The van der Waals surface area contributed by atoms with Crippen LogP contribution in [0.3, 0.4) is 0 Å². The van der Waals surface area contributed by atoms with Crippen LogP contribution in [0, 0.1) is 10.1 Å². The van der Waals surface area contributed by atoms with Crippen molar-refractivity contribution < 1.29 is 4.92 Å². The molecule has 0 unspecified atom stereocenters. The summed E-state index contributed by atoms with van der Waals surface area (Å²) in [5, 5.41) is 11.0. The molecule has 0 amide bonds. The van der Waals surface area contributed by atoms with Gasteiger partial charge in [0, 0.05) is 6.07 Å². The van der Waals surface area contributed by atoms with E-state index in [1.54, 1.807) is 12.1 Å². The molecule has 0 bridgehead atoms. The van der Waals surface area contributed by atoms with Gasteiger partial charge in [-0.25, -0.2) is 0 Å². The molecule has 0 spiro atoms. The van der Waals surface area contributed by atoms with Crippen molar-refractivity contribution in [2.24, 2.45) is 0 Å². The van der Waals surface area contributed by atoms with Gasteiger partial charge >= 0.3 is 0 Å². The van der Waals surface area contributed by atoms with E-state index in [1.807, 2.05) is 30.3 Å². The van der Waals surface area contributed by atoms with Gasteiger partial charge in [0.1, 0.15) is 0 Å². The predicted molar refractivity (Wildman–Crippen MR) is 72.6 cm³/mol. The Morgan fingerprint density at radius 1 is 1.00 bits per heavy atom. The summed E-state index contributed by atoms with van der Waals surface area (Å²) in [6, 6.07) is 14.7. The molecule has 0 saturated heterocycles. The molecule has 0 aliphatic heterocycles. The van der Waals surface area contributed by atoms with Gasteiger partial charge in [0.25, 0.3) is 5.69 Å². The van der Waals surface area contributed by atoms with Crippen LogP contribution >= 0.6 is 0 Å². The first-order valence-electron chi connectivity index (χ1n) is 5.93. The monoisotopic (exact) mass is 241 g/mol. The lowest BCUT2D eigenvalue weighted by Gasteiger charge is -2.07. The third-order valence-corrected chi connectivity index (χ3v) is 2.99. The number of hydrogen-bond donors (Lipinski definition) is 0. The molecule has 3 nitrogen and oxygen atoms in total. The van der Waals surface area contributed by atoms with Crippen LogP contribution in [-0.2, 0) is 0 Å². The van der Waals surface area contributed by atoms with E-state index >= 15 is 0 Å². The number of hydrogen-bond acceptors (Lipinski definition) is 2. The largest absolute Gasteiger partial charge is 0.277 e. The number of rotatable bonds is 3. The van der Waals surface area contributed by atoms with Crippen LogP contribution in [0.1, 0.15) is 25.3 Å². The molecule has 0 aliphatic rings. The van der Waals surface area contributed by atoms with Crippen LogP contribution in [0.25, 0.3) is 11.1 Å². The normalized spacial score (nSPS) is 10.6. The zero-order valence-electron chi connectivity index (χ0n) is 10.5. The summed E-state index contributed by atoms with van der Waals surface area (Å²) in [6.45, 7) is 4.25. The van der Waals surface area contributed by atoms with Crippen LogP contribution in [0.15, 0.2) is 48.5 Å². The minimum absolute atomic E-state index is 0.148. The van der Waals surface area contributed by atoms with Crippen LogP contribution in [-0.4, -0.2) is 4.92 Å². The number of nitrogens with zero attached hydrogens (tertiary/aromatic N) is 1. The first kappa shape index (κ1) is 12.3. The molecule has 2 aromatic rings. The van der Waals surface area contributed by atoms with Gasteiger partial charge in [-0.1, -0.05) is 50.2 Å². The van der Waals surface area contributed by atoms with Crippen molar-refractivity contribution >= 4 is 5.69 Å². The summed E-state index contributed by atoms with van der Waals surface area (Å²) < 4.78 is 0. The Balaban J connectivity index is 2.46. The maximum atomic E-state index is 11.0. The highest BCUT2D eigenvalue weighted by Gasteiger charge is 2.13. The van der Waals surface area contributed by atoms with E-state index in [2.05, 4.69) is 13.8 Å². The van der Waals surface area contributed by atoms with Crippen molar-refractivity contribution in [1.82, 2.24) is 0 Å². The van der Waals surface area contributed by atoms with Crippen molar-refractivity contribution in [2.75, 3.05) is 0 Å². The predicted octanol–water partition coefficient (Wildman–Crippen LogP) is 4.39. The highest BCUT2D eigenvalue weighted by atomic mass is 16.6. The first-order chi connectivity index (χ1) is 8.59. The Kier molecular flexibility index (Phi) is 3.42. The van der Waals surface area contributed by atoms with E-state index in [-0.39, 0.29) is 10.6 Å². The van der Waals surface area contributed by atoms with Crippen LogP contribution in [0.4, 0.5) is 5.69 Å². The van der Waals surface area contributed by atoms with Crippen LogP contribution in [0.5, 0.6) is 0 Å². The van der Waals surface area contributed by atoms with Crippen molar-refractivity contribution in [3.05, 3.63) is 64.2 Å². The first-order valence-corrected chi connectivity index (χ1v) is 5.93. The molecule has 0 aromatic heterocycles. The average molecular weight is 241 g/mol. The third-order valence-electron chi connectivity index (χ3n) is 2.99. The minimum atomic E-state index is -0.342. The van der Waals surface area contributed by atoms with Gasteiger partial charge in [0.2, 0.25) is 0 Å². The van der Waals surface area contributed by atoms with Gasteiger partial charge in [-0.3, -0.25) is 10.1 Å². The molecule has 3 heteroatoms. The van der Waals surface area contributed by atoms with E-state index in [1.165, 1.54) is 11.6 Å². The van der Waals surface area contributed by atoms with E-state index < -0.39 is 0 Å². The second-order valence-electron chi connectivity index (χ2n) is 4.55. The summed E-state index contributed by atoms with van der Waals surface area (Å²) in [7, 11) is 0. The zero-order valence-corrected chi connectivity index (χ0v) is 10.5. The molecular weight excluding hydrogens is 226 g/mol. The van der Waals surface area contributed by atoms with Gasteiger partial charge in [-0.15, -0.1) is 0 Å². The summed E-state index contributed by atoms with van der Waals surface area (Å²) in [6.07, 6.45) is 0. The smallest absolute Gasteiger partial charge is 0.258 e. The molecule has 18 heavy (non-hydrogen) atoms. The van der Waals surface area contributed by atoms with Crippen LogP contribution < -0.4 is 0 Å². The van der Waals surface area contributed by atoms with Crippen molar-refractivity contribution in [1.29, 1.82) is 0 Å². The molecule has 0 fully saturated rings. The Morgan fingerprint density at radius 2 is 1.61 bits per heavy atom. The molecule has 0 atom stereocenters. The maximum Gasteiger partial charge on any atom is 0.277 e. The lowest BCUT2D eigenvalue weighted by Crippen LogP contribution is -1.92. The lowest BCUT2D eigenvalue weighted by atomic mass is 9.98. The minimum Gasteiger partial charge on any atom is -0.258 e. The van der Waals surface area contributed by atoms with Crippen molar-refractivity contribution in [3.63, 3.8) is 0 Å². The Hall–Kier alpha value is -2.16. The van der Waals surface area contributed by atoms with Gasteiger partial charge in [-0.05, 0) is 23.1 Å². The molecule has 0 radical (unpaired) electrons. The number of nitro benzene ring substituents is 1. The molecule has 2 rings (SSSR count). The lowest BCUT2D eigenvalue weighted by molar-refractivity contribution is -0.384. The number of benzene rings is 2. The SMILES string of the molecule is CC(C)c1ccc(-c2ccccc2[N+](=O)[O-])cc1. The van der Waals surface area contributed by atoms with Gasteiger partial charge in [0.05, 0.1) is 10.5 Å². The van der Waals surface area contributed by atoms with Gasteiger partial charge in [-0.2, -0.15) is 0 Å². The standard InChI is InChI=1S/C15H15NO2/c1-11(2)12-7-9-13(10-8-12)14-5-3-4-6-15(14)16(17)18/h3-11H,1-2H3. The highest BCUT2D eigenvalue weighted by Crippen LogP contribution is 2.30. The van der Waals surface area contributed by atoms with E-state index in [0.29, 0.717) is 11.5 Å². The van der Waals surface area contributed by atoms with Crippen LogP contribution in [0.2, 0.25) is 0 Å². The van der Waals surface area contributed by atoms with E-state index in [0.717, 1.165) is 5.56 Å². The second-order valence-corrected chi connectivity index (χ2v) is 4.55. The Labute approximate surface area is 106 Å². The fraction of sp³-hybridized carbons (Fsp3) is 0.200. The summed E-state index contributed by atoms with van der Waals surface area (Å²) in [5.41, 5.74) is 2.93. The van der Waals surface area contributed by atoms with Crippen molar-refractivity contribution in [2.45, 2.75) is 19.8 Å². The molecule has 0 aliphatic carbocycles.